The molecule has 4 heterocycles. The van der Waals surface area contributed by atoms with Crippen molar-refractivity contribution in [1.29, 1.82) is 0 Å². The fourth-order valence-electron chi connectivity index (χ4n) is 3.37. The SMILES string of the molecule is O=C(Cc1csc(N2CCNC2=O)n1)N1CCN(CCc2cccs2)CC1. The van der Waals surface area contributed by atoms with E-state index in [2.05, 4.69) is 32.7 Å². The van der Waals surface area contributed by atoms with Crippen molar-refractivity contribution >= 4 is 39.7 Å². The minimum atomic E-state index is -0.110. The summed E-state index contributed by atoms with van der Waals surface area (Å²) in [6, 6.07) is 4.16. The van der Waals surface area contributed by atoms with Gasteiger partial charge in [0.25, 0.3) is 0 Å². The third-order valence-corrected chi connectivity index (χ3v) is 6.79. The minimum absolute atomic E-state index is 0.110. The van der Waals surface area contributed by atoms with Crippen LogP contribution in [0.1, 0.15) is 10.6 Å². The predicted octanol–water partition coefficient (Wildman–Crippen LogP) is 1.66. The van der Waals surface area contributed by atoms with Crippen molar-refractivity contribution in [3.05, 3.63) is 33.5 Å². The summed E-state index contributed by atoms with van der Waals surface area (Å²) in [5, 5.41) is 7.44. The summed E-state index contributed by atoms with van der Waals surface area (Å²) in [5.74, 6) is 0.121. The maximum absolute atomic E-state index is 12.6. The van der Waals surface area contributed by atoms with Gasteiger partial charge >= 0.3 is 6.03 Å². The van der Waals surface area contributed by atoms with Crippen LogP contribution in [0, 0.1) is 0 Å². The average Bonchev–Trinajstić information content (AvgIpc) is 3.42. The highest BCUT2D eigenvalue weighted by atomic mass is 32.1. The Labute approximate surface area is 166 Å². The summed E-state index contributed by atoms with van der Waals surface area (Å²) in [6.07, 6.45) is 1.39. The Hall–Kier alpha value is -1.97. The van der Waals surface area contributed by atoms with Gasteiger partial charge in [-0.05, 0) is 17.9 Å². The van der Waals surface area contributed by atoms with E-state index < -0.39 is 0 Å². The van der Waals surface area contributed by atoms with Gasteiger partial charge in [-0.3, -0.25) is 14.6 Å². The van der Waals surface area contributed by atoms with Gasteiger partial charge in [-0.1, -0.05) is 6.07 Å². The van der Waals surface area contributed by atoms with Crippen LogP contribution in [-0.2, 0) is 17.6 Å². The van der Waals surface area contributed by atoms with Gasteiger partial charge in [-0.2, -0.15) is 0 Å². The van der Waals surface area contributed by atoms with Crippen molar-refractivity contribution in [2.75, 3.05) is 50.7 Å². The van der Waals surface area contributed by atoms with E-state index in [1.807, 2.05) is 10.3 Å². The molecule has 7 nitrogen and oxygen atoms in total. The number of amides is 3. The lowest BCUT2D eigenvalue weighted by molar-refractivity contribution is -0.132. The Bertz CT molecular complexity index is 784. The highest BCUT2D eigenvalue weighted by Crippen LogP contribution is 2.22. The highest BCUT2D eigenvalue weighted by molar-refractivity contribution is 7.14. The number of rotatable bonds is 6. The monoisotopic (exact) mass is 405 g/mol. The van der Waals surface area contributed by atoms with Crippen LogP contribution in [0.2, 0.25) is 0 Å². The zero-order valence-electron chi connectivity index (χ0n) is 15.1. The summed E-state index contributed by atoms with van der Waals surface area (Å²) < 4.78 is 0. The number of urea groups is 1. The molecule has 27 heavy (non-hydrogen) atoms. The number of hydrogen-bond donors (Lipinski definition) is 1. The van der Waals surface area contributed by atoms with E-state index in [0.717, 1.165) is 44.8 Å². The number of thiazole rings is 1. The van der Waals surface area contributed by atoms with Gasteiger partial charge < -0.3 is 10.2 Å². The first-order valence-electron chi connectivity index (χ1n) is 9.21. The zero-order valence-corrected chi connectivity index (χ0v) is 16.7. The Morgan fingerprint density at radius 2 is 2.04 bits per heavy atom. The number of nitrogens with one attached hydrogen (secondary N) is 1. The summed E-state index contributed by atoms with van der Waals surface area (Å²) in [6.45, 7) is 5.72. The predicted molar refractivity (Wildman–Crippen MR) is 108 cm³/mol. The summed E-state index contributed by atoms with van der Waals surface area (Å²) in [4.78, 5) is 36.2. The molecule has 9 heteroatoms. The zero-order chi connectivity index (χ0) is 18.6. The summed E-state index contributed by atoms with van der Waals surface area (Å²) in [7, 11) is 0. The molecule has 2 saturated heterocycles. The summed E-state index contributed by atoms with van der Waals surface area (Å²) in [5.41, 5.74) is 0.750. The van der Waals surface area contributed by atoms with Crippen molar-refractivity contribution < 1.29 is 9.59 Å². The van der Waals surface area contributed by atoms with Gasteiger partial charge in [0, 0.05) is 56.1 Å². The van der Waals surface area contributed by atoms with E-state index >= 15 is 0 Å². The van der Waals surface area contributed by atoms with Crippen molar-refractivity contribution in [3.63, 3.8) is 0 Å². The standard InChI is InChI=1S/C18H23N5O2S2/c24-16(12-14-13-27-18(20-14)23-6-4-19-17(23)25)22-9-7-21(8-10-22)5-3-15-2-1-11-26-15/h1-2,11,13H,3-10,12H2,(H,19,25). The molecule has 4 rings (SSSR count). The molecule has 2 aliphatic heterocycles. The molecule has 0 bridgehead atoms. The first-order valence-corrected chi connectivity index (χ1v) is 11.0. The lowest BCUT2D eigenvalue weighted by Gasteiger charge is -2.34. The normalized spacial score (nSPS) is 18.1. The fraction of sp³-hybridized carbons (Fsp3) is 0.500. The average molecular weight is 406 g/mol. The molecule has 0 saturated carbocycles. The number of aromatic nitrogens is 1. The second kappa shape index (κ2) is 8.37. The molecule has 2 aromatic heterocycles. The molecule has 3 amide bonds. The maximum atomic E-state index is 12.6. The molecule has 0 atom stereocenters. The molecule has 0 aromatic carbocycles. The number of thiophene rings is 1. The van der Waals surface area contributed by atoms with E-state index in [0.29, 0.717) is 24.6 Å². The Balaban J connectivity index is 1.24. The van der Waals surface area contributed by atoms with Gasteiger partial charge in [0.15, 0.2) is 5.13 Å². The smallest absolute Gasteiger partial charge is 0.323 e. The molecule has 2 aliphatic rings. The van der Waals surface area contributed by atoms with Crippen LogP contribution in [0.15, 0.2) is 22.9 Å². The number of piperazine rings is 1. The second-order valence-electron chi connectivity index (χ2n) is 6.73. The number of carbonyl (C=O) groups excluding carboxylic acids is 2. The van der Waals surface area contributed by atoms with Crippen LogP contribution in [0.25, 0.3) is 0 Å². The molecule has 1 N–H and O–H groups in total. The maximum Gasteiger partial charge on any atom is 0.323 e. The quantitative estimate of drug-likeness (QED) is 0.794. The van der Waals surface area contributed by atoms with E-state index in [4.69, 9.17) is 0 Å². The Morgan fingerprint density at radius 3 is 2.74 bits per heavy atom. The molecule has 144 valence electrons. The van der Waals surface area contributed by atoms with Gasteiger partial charge in [0.2, 0.25) is 5.91 Å². The van der Waals surface area contributed by atoms with Crippen molar-refractivity contribution in [3.8, 4) is 0 Å². The second-order valence-corrected chi connectivity index (χ2v) is 8.60. The van der Waals surface area contributed by atoms with Crippen molar-refractivity contribution in [2.45, 2.75) is 12.8 Å². The van der Waals surface area contributed by atoms with E-state index in [1.165, 1.54) is 16.2 Å². The molecular weight excluding hydrogens is 382 g/mol. The van der Waals surface area contributed by atoms with Gasteiger partial charge in [0.05, 0.1) is 12.1 Å². The van der Waals surface area contributed by atoms with Crippen LogP contribution in [0.5, 0.6) is 0 Å². The van der Waals surface area contributed by atoms with Gasteiger partial charge in [-0.15, -0.1) is 22.7 Å². The fourth-order valence-corrected chi connectivity index (χ4v) is 4.91. The van der Waals surface area contributed by atoms with Crippen molar-refractivity contribution in [1.82, 2.24) is 20.1 Å². The number of nitrogens with zero attached hydrogens (tertiary/aromatic N) is 4. The molecular formula is C18H23N5O2S2. The largest absolute Gasteiger partial charge is 0.340 e. The van der Waals surface area contributed by atoms with E-state index in [-0.39, 0.29) is 11.9 Å². The molecule has 0 spiro atoms. The van der Waals surface area contributed by atoms with Crippen LogP contribution < -0.4 is 10.2 Å². The number of anilines is 1. The molecule has 0 radical (unpaired) electrons. The van der Waals surface area contributed by atoms with Crippen molar-refractivity contribution in [2.24, 2.45) is 0 Å². The Morgan fingerprint density at radius 1 is 1.19 bits per heavy atom. The third kappa shape index (κ3) is 4.48. The molecule has 0 aliphatic carbocycles. The molecule has 2 fully saturated rings. The highest BCUT2D eigenvalue weighted by Gasteiger charge is 2.25. The molecule has 0 unspecified atom stereocenters. The van der Waals surface area contributed by atoms with Gasteiger partial charge in [-0.25, -0.2) is 9.78 Å². The van der Waals surface area contributed by atoms with Crippen LogP contribution >= 0.6 is 22.7 Å². The third-order valence-electron chi connectivity index (χ3n) is 4.94. The number of hydrogen-bond acceptors (Lipinski definition) is 6. The van der Waals surface area contributed by atoms with Crippen LogP contribution in [-0.4, -0.2) is 72.5 Å². The first-order chi connectivity index (χ1) is 13.2. The topological polar surface area (TPSA) is 68.8 Å². The lowest BCUT2D eigenvalue weighted by Crippen LogP contribution is -2.49. The van der Waals surface area contributed by atoms with Gasteiger partial charge in [0.1, 0.15) is 0 Å². The minimum Gasteiger partial charge on any atom is -0.340 e. The van der Waals surface area contributed by atoms with E-state index in [9.17, 15) is 9.59 Å². The lowest BCUT2D eigenvalue weighted by atomic mass is 10.2. The number of carbonyl (C=O) groups is 2. The van der Waals surface area contributed by atoms with Crippen LogP contribution in [0.4, 0.5) is 9.93 Å². The van der Waals surface area contributed by atoms with Crippen LogP contribution in [0.3, 0.4) is 0 Å². The first kappa shape index (κ1) is 18.4. The summed E-state index contributed by atoms with van der Waals surface area (Å²) >= 11 is 3.22. The molecule has 2 aromatic rings. The van der Waals surface area contributed by atoms with E-state index in [1.54, 1.807) is 16.2 Å². The Kier molecular flexibility index (Phi) is 5.70.